The minimum atomic E-state index is -3.10. The second-order valence-corrected chi connectivity index (χ2v) is 4.26. The van der Waals surface area contributed by atoms with Crippen molar-refractivity contribution >= 4 is 11.6 Å². The van der Waals surface area contributed by atoms with Crippen molar-refractivity contribution in [1.82, 2.24) is 0 Å². The monoisotopic (exact) mass is 290 g/mol. The van der Waals surface area contributed by atoms with Gasteiger partial charge in [-0.1, -0.05) is 19.8 Å². The molecule has 0 aliphatic carbocycles. The summed E-state index contributed by atoms with van der Waals surface area (Å²) in [6.07, 6.45) is 2.25. The standard InChI is InChI=1S/C13H17F3N2O2/c1-2-3-4-10(17)12(19)18-8-5-6-11(9(14)7-8)20-13(15)16/h5-7,10,13H,2-4,17H2,1H3,(H,18,19)/t10-/m0/s1. The Bertz CT molecular complexity index is 455. The van der Waals surface area contributed by atoms with Crippen molar-refractivity contribution in [2.24, 2.45) is 5.73 Å². The molecule has 3 N–H and O–H groups in total. The van der Waals surface area contributed by atoms with Crippen molar-refractivity contribution in [3.63, 3.8) is 0 Å². The average molecular weight is 290 g/mol. The molecule has 1 aromatic rings. The summed E-state index contributed by atoms with van der Waals surface area (Å²) < 4.78 is 41.3. The van der Waals surface area contributed by atoms with Gasteiger partial charge < -0.3 is 15.8 Å². The summed E-state index contributed by atoms with van der Waals surface area (Å²) in [7, 11) is 0. The number of ether oxygens (including phenoxy) is 1. The van der Waals surface area contributed by atoms with Gasteiger partial charge in [0.1, 0.15) is 0 Å². The fourth-order valence-electron chi connectivity index (χ4n) is 1.56. The van der Waals surface area contributed by atoms with Gasteiger partial charge in [0.05, 0.1) is 6.04 Å². The Morgan fingerprint density at radius 3 is 2.70 bits per heavy atom. The van der Waals surface area contributed by atoms with E-state index in [0.717, 1.165) is 25.0 Å². The van der Waals surface area contributed by atoms with Crippen molar-refractivity contribution < 1.29 is 22.7 Å². The number of unbranched alkanes of at least 4 members (excludes halogenated alkanes) is 1. The topological polar surface area (TPSA) is 64.4 Å². The third-order valence-corrected chi connectivity index (χ3v) is 2.62. The molecule has 20 heavy (non-hydrogen) atoms. The molecule has 0 bridgehead atoms. The number of hydrogen-bond acceptors (Lipinski definition) is 3. The summed E-state index contributed by atoms with van der Waals surface area (Å²) in [6.45, 7) is -1.13. The molecule has 4 nitrogen and oxygen atoms in total. The summed E-state index contributed by atoms with van der Waals surface area (Å²) in [5.41, 5.74) is 5.80. The van der Waals surface area contributed by atoms with Crippen molar-refractivity contribution in [3.8, 4) is 5.75 Å². The Morgan fingerprint density at radius 2 is 2.15 bits per heavy atom. The molecule has 0 fully saturated rings. The number of carbonyl (C=O) groups excluding carboxylic acids is 1. The predicted molar refractivity (Wildman–Crippen MR) is 69.2 cm³/mol. The van der Waals surface area contributed by atoms with E-state index in [0.29, 0.717) is 6.42 Å². The lowest BCUT2D eigenvalue weighted by Crippen LogP contribution is -2.35. The number of benzene rings is 1. The zero-order valence-electron chi connectivity index (χ0n) is 11.0. The van der Waals surface area contributed by atoms with Crippen LogP contribution >= 0.6 is 0 Å². The number of alkyl halides is 2. The van der Waals surface area contributed by atoms with Crippen LogP contribution in [0.2, 0.25) is 0 Å². The third-order valence-electron chi connectivity index (χ3n) is 2.62. The van der Waals surface area contributed by atoms with E-state index in [1.54, 1.807) is 0 Å². The van der Waals surface area contributed by atoms with Crippen LogP contribution in [0.3, 0.4) is 0 Å². The Kier molecular flexibility index (Phi) is 6.30. The molecule has 0 spiro atoms. The maximum absolute atomic E-state index is 13.4. The molecule has 7 heteroatoms. The van der Waals surface area contributed by atoms with Crippen LogP contribution in [0, 0.1) is 5.82 Å². The third kappa shape index (κ3) is 5.08. The Hall–Kier alpha value is -1.76. The lowest BCUT2D eigenvalue weighted by Gasteiger charge is -2.12. The van der Waals surface area contributed by atoms with Crippen LogP contribution in [0.25, 0.3) is 0 Å². The number of rotatable bonds is 7. The number of anilines is 1. The minimum absolute atomic E-state index is 0.140. The highest BCUT2D eigenvalue weighted by molar-refractivity contribution is 5.94. The summed E-state index contributed by atoms with van der Waals surface area (Å²) in [6, 6.07) is 2.51. The molecule has 0 heterocycles. The number of nitrogens with one attached hydrogen (secondary N) is 1. The summed E-state index contributed by atoms with van der Waals surface area (Å²) in [4.78, 5) is 11.7. The van der Waals surface area contributed by atoms with Crippen LogP contribution in [0.4, 0.5) is 18.9 Å². The van der Waals surface area contributed by atoms with Gasteiger partial charge in [-0.2, -0.15) is 8.78 Å². The van der Waals surface area contributed by atoms with Crippen LogP contribution in [-0.4, -0.2) is 18.6 Å². The number of amides is 1. The summed E-state index contributed by atoms with van der Waals surface area (Å²) >= 11 is 0. The highest BCUT2D eigenvalue weighted by Gasteiger charge is 2.15. The van der Waals surface area contributed by atoms with E-state index in [9.17, 15) is 18.0 Å². The van der Waals surface area contributed by atoms with E-state index in [1.807, 2.05) is 6.92 Å². The van der Waals surface area contributed by atoms with Crippen molar-refractivity contribution in [2.45, 2.75) is 38.8 Å². The fourth-order valence-corrected chi connectivity index (χ4v) is 1.56. The van der Waals surface area contributed by atoms with Gasteiger partial charge in [0.2, 0.25) is 5.91 Å². The van der Waals surface area contributed by atoms with E-state index >= 15 is 0 Å². The first kappa shape index (κ1) is 16.3. The highest BCUT2D eigenvalue weighted by Crippen LogP contribution is 2.22. The molecular formula is C13H17F3N2O2. The van der Waals surface area contributed by atoms with Gasteiger partial charge >= 0.3 is 6.61 Å². The van der Waals surface area contributed by atoms with Crippen LogP contribution < -0.4 is 15.8 Å². The summed E-state index contributed by atoms with van der Waals surface area (Å²) in [5, 5.41) is 2.42. The van der Waals surface area contributed by atoms with Crippen LogP contribution in [-0.2, 0) is 4.79 Å². The van der Waals surface area contributed by atoms with Gasteiger partial charge in [-0.25, -0.2) is 4.39 Å². The normalized spacial score (nSPS) is 12.3. The van der Waals surface area contributed by atoms with E-state index in [2.05, 4.69) is 10.1 Å². The second-order valence-electron chi connectivity index (χ2n) is 4.26. The lowest BCUT2D eigenvalue weighted by molar-refractivity contribution is -0.117. The molecule has 0 aliphatic rings. The quantitative estimate of drug-likeness (QED) is 0.811. The highest BCUT2D eigenvalue weighted by atomic mass is 19.3. The van der Waals surface area contributed by atoms with Gasteiger partial charge in [-0.15, -0.1) is 0 Å². The first-order valence-corrected chi connectivity index (χ1v) is 6.24. The molecule has 0 aromatic heterocycles. The van der Waals surface area contributed by atoms with Crippen LogP contribution in [0.1, 0.15) is 26.2 Å². The molecular weight excluding hydrogens is 273 g/mol. The van der Waals surface area contributed by atoms with Crippen molar-refractivity contribution in [1.29, 1.82) is 0 Å². The largest absolute Gasteiger partial charge is 0.432 e. The Morgan fingerprint density at radius 1 is 1.45 bits per heavy atom. The molecule has 0 saturated carbocycles. The fraction of sp³-hybridized carbons (Fsp3) is 0.462. The number of hydrogen-bond donors (Lipinski definition) is 2. The van der Waals surface area contributed by atoms with Gasteiger partial charge in [-0.05, 0) is 18.6 Å². The van der Waals surface area contributed by atoms with E-state index in [4.69, 9.17) is 5.73 Å². The molecule has 1 atom stereocenters. The lowest BCUT2D eigenvalue weighted by atomic mass is 10.1. The Balaban J connectivity index is 2.64. The van der Waals surface area contributed by atoms with Gasteiger partial charge in [0.15, 0.2) is 11.6 Å². The zero-order chi connectivity index (χ0) is 15.1. The maximum Gasteiger partial charge on any atom is 0.387 e. The smallest absolute Gasteiger partial charge is 0.387 e. The van der Waals surface area contributed by atoms with E-state index in [-0.39, 0.29) is 5.69 Å². The molecule has 112 valence electrons. The molecule has 0 unspecified atom stereocenters. The van der Waals surface area contributed by atoms with Crippen LogP contribution in [0.5, 0.6) is 5.75 Å². The van der Waals surface area contributed by atoms with Gasteiger partial charge in [0.25, 0.3) is 0 Å². The first-order chi connectivity index (χ1) is 9.43. The minimum Gasteiger partial charge on any atom is -0.432 e. The predicted octanol–water partition coefficient (Wildman–Crippen LogP) is 2.88. The second kappa shape index (κ2) is 7.74. The molecule has 0 aliphatic heterocycles. The average Bonchev–Trinajstić information content (AvgIpc) is 2.38. The van der Waals surface area contributed by atoms with E-state index < -0.39 is 30.1 Å². The number of carbonyl (C=O) groups is 1. The zero-order valence-corrected chi connectivity index (χ0v) is 11.0. The summed E-state index contributed by atoms with van der Waals surface area (Å²) in [5.74, 6) is -2.00. The first-order valence-electron chi connectivity index (χ1n) is 6.24. The maximum atomic E-state index is 13.4. The molecule has 0 radical (unpaired) electrons. The molecule has 0 saturated heterocycles. The van der Waals surface area contributed by atoms with Crippen molar-refractivity contribution in [2.75, 3.05) is 5.32 Å². The molecule has 1 amide bonds. The van der Waals surface area contributed by atoms with Gasteiger partial charge in [-0.3, -0.25) is 4.79 Å². The SMILES string of the molecule is CCCC[C@H](N)C(=O)Nc1ccc(OC(F)F)c(F)c1. The van der Waals surface area contributed by atoms with Crippen molar-refractivity contribution in [3.05, 3.63) is 24.0 Å². The number of nitrogens with two attached hydrogens (primary N) is 1. The number of halogens is 3. The Labute approximate surface area is 115 Å². The van der Waals surface area contributed by atoms with Gasteiger partial charge in [0, 0.05) is 11.8 Å². The van der Waals surface area contributed by atoms with Crippen LogP contribution in [0.15, 0.2) is 18.2 Å². The van der Waals surface area contributed by atoms with E-state index in [1.165, 1.54) is 6.07 Å². The molecule has 1 rings (SSSR count). The molecule has 1 aromatic carbocycles.